The number of nitrogens with one attached hydrogen (secondary N) is 1. The van der Waals surface area contributed by atoms with E-state index in [0.29, 0.717) is 12.0 Å². The van der Waals surface area contributed by atoms with Gasteiger partial charge in [0.15, 0.2) is 0 Å². The van der Waals surface area contributed by atoms with Crippen LogP contribution in [0.4, 0.5) is 0 Å². The third kappa shape index (κ3) is 1.67. The van der Waals surface area contributed by atoms with Crippen molar-refractivity contribution in [2.24, 2.45) is 5.92 Å². The largest absolute Gasteiger partial charge is 0.310 e. The maximum absolute atomic E-state index is 3.52. The lowest BCUT2D eigenvalue weighted by Crippen LogP contribution is -2.39. The molecule has 0 spiro atoms. The maximum Gasteiger partial charge on any atom is 0.0316 e. The molecule has 0 aromatic rings. The minimum absolute atomic E-state index is 0.569. The average molecular weight is 161 g/mol. The molecule has 0 amide bonds. The smallest absolute Gasteiger partial charge is 0.0316 e. The molecular weight excluding hydrogens is 146 g/mol. The van der Waals surface area contributed by atoms with Gasteiger partial charge in [-0.2, -0.15) is 0 Å². The molecule has 1 nitrogen and oxygen atoms in total. The Kier molecular flexibility index (Phi) is 2.42. The van der Waals surface area contributed by atoms with E-state index in [1.807, 2.05) is 0 Å². The molecule has 1 aliphatic heterocycles. The van der Waals surface area contributed by atoms with Crippen molar-refractivity contribution in [3.05, 3.63) is 36.5 Å². The van der Waals surface area contributed by atoms with Crippen molar-refractivity contribution >= 4 is 0 Å². The van der Waals surface area contributed by atoms with Gasteiger partial charge in [0.05, 0.1) is 0 Å². The Balaban J connectivity index is 2.15. The van der Waals surface area contributed by atoms with Gasteiger partial charge in [-0.1, -0.05) is 36.5 Å². The van der Waals surface area contributed by atoms with Gasteiger partial charge in [0.2, 0.25) is 0 Å². The van der Waals surface area contributed by atoms with E-state index < -0.39 is 0 Å². The summed E-state index contributed by atoms with van der Waals surface area (Å²) >= 11 is 0. The number of allylic oxidation sites excluding steroid dienone is 4. The molecule has 2 unspecified atom stereocenters. The molecule has 64 valence electrons. The maximum atomic E-state index is 3.52. The first-order chi connectivity index (χ1) is 5.97. The summed E-state index contributed by atoms with van der Waals surface area (Å²) in [5.74, 6) is 0.708. The Morgan fingerprint density at radius 1 is 1.00 bits per heavy atom. The number of piperidine rings is 1. The fraction of sp³-hybridized carbons (Fsp3) is 0.455. The molecule has 0 radical (unpaired) electrons. The summed E-state index contributed by atoms with van der Waals surface area (Å²) in [5, 5.41) is 3.52. The Bertz CT molecular complexity index is 201. The molecule has 1 N–H and O–H groups in total. The van der Waals surface area contributed by atoms with Crippen molar-refractivity contribution in [3.8, 4) is 0 Å². The van der Waals surface area contributed by atoms with Crippen LogP contribution in [0.15, 0.2) is 36.5 Å². The number of hydrogen-bond acceptors (Lipinski definition) is 1. The van der Waals surface area contributed by atoms with Gasteiger partial charge in [0.1, 0.15) is 0 Å². The van der Waals surface area contributed by atoms with Gasteiger partial charge >= 0.3 is 0 Å². The van der Waals surface area contributed by atoms with Crippen LogP contribution in [-0.4, -0.2) is 12.6 Å². The van der Waals surface area contributed by atoms with E-state index in [2.05, 4.69) is 41.8 Å². The van der Waals surface area contributed by atoms with Crippen molar-refractivity contribution in [2.75, 3.05) is 6.54 Å². The zero-order chi connectivity index (χ0) is 8.23. The van der Waals surface area contributed by atoms with Crippen molar-refractivity contribution in [1.82, 2.24) is 5.32 Å². The minimum atomic E-state index is 0.569. The second-order valence-corrected chi connectivity index (χ2v) is 3.44. The van der Waals surface area contributed by atoms with Gasteiger partial charge in [0.25, 0.3) is 0 Å². The predicted molar refractivity (Wildman–Crippen MR) is 51.9 cm³/mol. The highest BCUT2D eigenvalue weighted by molar-refractivity contribution is 5.19. The normalized spacial score (nSPS) is 34.0. The topological polar surface area (TPSA) is 12.0 Å². The molecule has 1 heteroatoms. The lowest BCUT2D eigenvalue weighted by Gasteiger charge is -2.28. The second-order valence-electron chi connectivity index (χ2n) is 3.44. The first-order valence-electron chi connectivity index (χ1n) is 4.72. The monoisotopic (exact) mass is 161 g/mol. The standard InChI is InChI=1S/C11H15N/c1-2-4-8-11-10(6-3-1)7-5-9-12-11/h1-4,6,8,10-12H,5,7,9H2. The summed E-state index contributed by atoms with van der Waals surface area (Å²) in [6, 6.07) is 0.569. The van der Waals surface area contributed by atoms with E-state index in [0.717, 1.165) is 0 Å². The minimum Gasteiger partial charge on any atom is -0.310 e. The van der Waals surface area contributed by atoms with Crippen LogP contribution in [-0.2, 0) is 0 Å². The predicted octanol–water partition coefficient (Wildman–Crippen LogP) is 2.04. The van der Waals surface area contributed by atoms with Crippen LogP contribution in [0.5, 0.6) is 0 Å². The van der Waals surface area contributed by atoms with E-state index >= 15 is 0 Å². The van der Waals surface area contributed by atoms with Crippen LogP contribution < -0.4 is 5.32 Å². The SMILES string of the molecule is C1=CC=CC2NCCCC2C=C1. The van der Waals surface area contributed by atoms with Crippen molar-refractivity contribution < 1.29 is 0 Å². The van der Waals surface area contributed by atoms with E-state index in [1.165, 1.54) is 19.4 Å². The van der Waals surface area contributed by atoms with Crippen molar-refractivity contribution in [2.45, 2.75) is 18.9 Å². The summed E-state index contributed by atoms with van der Waals surface area (Å²) in [6.07, 6.45) is 15.7. The first kappa shape index (κ1) is 7.81. The highest BCUT2D eigenvalue weighted by atomic mass is 14.9. The van der Waals surface area contributed by atoms with Crippen LogP contribution in [0.2, 0.25) is 0 Å². The van der Waals surface area contributed by atoms with Gasteiger partial charge in [-0.3, -0.25) is 0 Å². The zero-order valence-corrected chi connectivity index (χ0v) is 7.24. The van der Waals surface area contributed by atoms with Gasteiger partial charge in [-0.25, -0.2) is 0 Å². The lowest BCUT2D eigenvalue weighted by molar-refractivity contribution is 0.375. The summed E-state index contributed by atoms with van der Waals surface area (Å²) < 4.78 is 0. The quantitative estimate of drug-likeness (QED) is 0.573. The third-order valence-corrected chi connectivity index (χ3v) is 2.57. The van der Waals surface area contributed by atoms with E-state index in [9.17, 15) is 0 Å². The molecule has 1 aliphatic carbocycles. The highest BCUT2D eigenvalue weighted by Gasteiger charge is 2.19. The van der Waals surface area contributed by atoms with Gasteiger partial charge < -0.3 is 5.32 Å². The number of rotatable bonds is 0. The molecule has 1 fully saturated rings. The Hall–Kier alpha value is -0.820. The van der Waals surface area contributed by atoms with E-state index in [-0.39, 0.29) is 0 Å². The van der Waals surface area contributed by atoms with Crippen LogP contribution in [0.1, 0.15) is 12.8 Å². The van der Waals surface area contributed by atoms with Crippen molar-refractivity contribution in [1.29, 1.82) is 0 Å². The molecule has 2 aliphatic rings. The molecule has 1 heterocycles. The molecule has 0 bridgehead atoms. The molecule has 1 saturated heterocycles. The fourth-order valence-corrected chi connectivity index (χ4v) is 1.88. The third-order valence-electron chi connectivity index (χ3n) is 2.57. The summed E-state index contributed by atoms with van der Waals surface area (Å²) in [4.78, 5) is 0. The van der Waals surface area contributed by atoms with Gasteiger partial charge in [-0.05, 0) is 25.3 Å². The molecule has 2 atom stereocenters. The van der Waals surface area contributed by atoms with Crippen LogP contribution in [0.3, 0.4) is 0 Å². The summed E-state index contributed by atoms with van der Waals surface area (Å²) in [5.41, 5.74) is 0. The first-order valence-corrected chi connectivity index (χ1v) is 4.72. The Morgan fingerprint density at radius 3 is 2.75 bits per heavy atom. The molecule has 12 heavy (non-hydrogen) atoms. The zero-order valence-electron chi connectivity index (χ0n) is 7.24. The summed E-state index contributed by atoms with van der Waals surface area (Å²) in [6.45, 7) is 1.17. The number of fused-ring (bicyclic) bond motifs is 1. The van der Waals surface area contributed by atoms with Gasteiger partial charge in [0, 0.05) is 6.04 Å². The number of hydrogen-bond donors (Lipinski definition) is 1. The average Bonchev–Trinajstić information content (AvgIpc) is 2.06. The van der Waals surface area contributed by atoms with E-state index in [1.54, 1.807) is 0 Å². The van der Waals surface area contributed by atoms with Gasteiger partial charge in [-0.15, -0.1) is 0 Å². The Morgan fingerprint density at radius 2 is 1.83 bits per heavy atom. The fourth-order valence-electron chi connectivity index (χ4n) is 1.88. The lowest BCUT2D eigenvalue weighted by atomic mass is 9.89. The molecule has 2 rings (SSSR count). The van der Waals surface area contributed by atoms with Crippen LogP contribution in [0.25, 0.3) is 0 Å². The molecule has 0 saturated carbocycles. The second kappa shape index (κ2) is 3.72. The summed E-state index contributed by atoms with van der Waals surface area (Å²) in [7, 11) is 0. The highest BCUT2D eigenvalue weighted by Crippen LogP contribution is 2.19. The molecule has 0 aromatic carbocycles. The molecule has 0 aromatic heterocycles. The van der Waals surface area contributed by atoms with Crippen LogP contribution >= 0.6 is 0 Å². The van der Waals surface area contributed by atoms with Crippen molar-refractivity contribution in [3.63, 3.8) is 0 Å². The Labute approximate surface area is 73.9 Å². The van der Waals surface area contributed by atoms with Crippen LogP contribution in [0, 0.1) is 5.92 Å². The van der Waals surface area contributed by atoms with E-state index in [4.69, 9.17) is 0 Å². The molecular formula is C11H15N.